The van der Waals surface area contributed by atoms with Crippen LogP contribution in [-0.2, 0) is 17.3 Å². The molecule has 1 saturated carbocycles. The van der Waals surface area contributed by atoms with Crippen molar-refractivity contribution in [1.29, 1.82) is 0 Å². The quantitative estimate of drug-likeness (QED) is 0.260. The van der Waals surface area contributed by atoms with Gasteiger partial charge >= 0.3 is 0 Å². The molecule has 0 bridgehead atoms. The highest BCUT2D eigenvalue weighted by molar-refractivity contribution is 7.73. The fourth-order valence-corrected chi connectivity index (χ4v) is 5.68. The number of nitrogens with one attached hydrogen (secondary N) is 2. The molecule has 2 aromatic carbocycles. The van der Waals surface area contributed by atoms with Crippen molar-refractivity contribution in [2.75, 3.05) is 10.0 Å². The van der Waals surface area contributed by atoms with Crippen LogP contribution < -0.4 is 10.0 Å². The minimum atomic E-state index is -2.69. The van der Waals surface area contributed by atoms with E-state index in [4.69, 9.17) is 9.97 Å². The van der Waals surface area contributed by atoms with E-state index in [9.17, 15) is 12.8 Å². The van der Waals surface area contributed by atoms with Crippen LogP contribution in [0.1, 0.15) is 41.1 Å². The first-order valence-corrected chi connectivity index (χ1v) is 13.4. The molecule has 0 saturated heterocycles. The third-order valence-electron chi connectivity index (χ3n) is 5.38. The minimum absolute atomic E-state index is 0.0871. The molecule has 2 aromatic heterocycles. The van der Waals surface area contributed by atoms with Crippen LogP contribution in [-0.4, -0.2) is 18.4 Å². The molecule has 1 aliphatic rings. The summed E-state index contributed by atoms with van der Waals surface area (Å²) in [4.78, 5) is 9.60. The zero-order valence-corrected chi connectivity index (χ0v) is 19.9. The Bertz CT molecular complexity index is 1300. The van der Waals surface area contributed by atoms with E-state index in [0.29, 0.717) is 18.0 Å². The highest BCUT2D eigenvalue weighted by Crippen LogP contribution is 2.42. The number of thiol groups is 1. The second kappa shape index (κ2) is 9.58. The van der Waals surface area contributed by atoms with Gasteiger partial charge in [0.2, 0.25) is 10.9 Å². The Balaban J connectivity index is 1.37. The van der Waals surface area contributed by atoms with Gasteiger partial charge in [-0.15, -0.1) is 22.7 Å². The number of nitrogens with zero attached hydrogens (tertiary/aromatic N) is 2. The lowest BCUT2D eigenvalue weighted by Crippen LogP contribution is -2.14. The van der Waals surface area contributed by atoms with Gasteiger partial charge in [0.05, 0.1) is 22.4 Å². The first kappa shape index (κ1) is 22.0. The van der Waals surface area contributed by atoms with Gasteiger partial charge in [-0.05, 0) is 61.2 Å². The molecule has 1 atom stereocenters. The van der Waals surface area contributed by atoms with E-state index in [1.165, 1.54) is 41.3 Å². The highest BCUT2D eigenvalue weighted by atomic mass is 32.2. The number of hydrogen-bond acceptors (Lipinski definition) is 7. The Labute approximate surface area is 200 Å². The van der Waals surface area contributed by atoms with Crippen LogP contribution in [0.15, 0.2) is 59.3 Å². The molecule has 1 fully saturated rings. The zero-order chi connectivity index (χ0) is 22.8. The van der Waals surface area contributed by atoms with Crippen molar-refractivity contribution < 1.29 is 12.8 Å². The molecule has 0 radical (unpaired) electrons. The van der Waals surface area contributed by atoms with E-state index in [1.54, 1.807) is 35.6 Å². The van der Waals surface area contributed by atoms with Crippen LogP contribution in [0.2, 0.25) is 0 Å². The predicted molar refractivity (Wildman–Crippen MR) is 132 cm³/mol. The average Bonchev–Trinajstić information content (AvgIpc) is 3.34. The maximum absolute atomic E-state index is 13.3. The molecule has 4 aromatic rings. The Morgan fingerprint density at radius 3 is 2.45 bits per heavy atom. The third-order valence-corrected chi connectivity index (χ3v) is 7.62. The van der Waals surface area contributed by atoms with Gasteiger partial charge < -0.3 is 5.32 Å². The number of anilines is 2. The smallest absolute Gasteiger partial charge is 0.222 e. The summed E-state index contributed by atoms with van der Waals surface area (Å²) >= 11 is 3.20. The third kappa shape index (κ3) is 5.58. The van der Waals surface area contributed by atoms with Crippen molar-refractivity contribution in [3.05, 3.63) is 81.4 Å². The summed E-state index contributed by atoms with van der Waals surface area (Å²) in [6.07, 6.45) is 3.08. The lowest BCUT2D eigenvalue weighted by Gasteiger charge is -2.17. The Morgan fingerprint density at radius 1 is 1.00 bits per heavy atom. The van der Waals surface area contributed by atoms with Crippen LogP contribution in [0, 0.1) is 5.82 Å². The molecular weight excluding hydrogens is 479 g/mol. The van der Waals surface area contributed by atoms with E-state index in [1.807, 2.05) is 17.5 Å². The summed E-state index contributed by atoms with van der Waals surface area (Å²) in [6, 6.07) is 13.6. The Hall–Kier alpha value is -2.82. The lowest BCUT2D eigenvalue weighted by molar-refractivity contribution is 0.619. The van der Waals surface area contributed by atoms with Crippen molar-refractivity contribution >= 4 is 44.4 Å². The summed E-state index contributed by atoms with van der Waals surface area (Å²) in [7, 11) is -2.69. The molecular formula is C23H21FN4O2S3. The SMILES string of the molecule is O=[SH](=O)Nc1ccc(C[C@H](Nc2nc(-c3ccc(F)cc3)cs2)c2csc(C3CC3)n2)cc1. The van der Waals surface area contributed by atoms with Gasteiger partial charge in [-0.3, -0.25) is 4.72 Å². The van der Waals surface area contributed by atoms with Gasteiger partial charge in [-0.25, -0.2) is 22.8 Å². The number of hydrogen-bond donors (Lipinski definition) is 3. The van der Waals surface area contributed by atoms with E-state index in [-0.39, 0.29) is 11.9 Å². The molecule has 0 aliphatic heterocycles. The van der Waals surface area contributed by atoms with Crippen molar-refractivity contribution in [3.8, 4) is 11.3 Å². The van der Waals surface area contributed by atoms with Crippen LogP contribution in [0.5, 0.6) is 0 Å². The molecule has 2 heterocycles. The molecule has 6 nitrogen and oxygen atoms in total. The monoisotopic (exact) mass is 500 g/mol. The number of halogens is 1. The van der Waals surface area contributed by atoms with Gasteiger partial charge in [0.25, 0.3) is 0 Å². The Kier molecular flexibility index (Phi) is 6.39. The van der Waals surface area contributed by atoms with E-state index >= 15 is 0 Å². The van der Waals surface area contributed by atoms with Gasteiger partial charge in [0.15, 0.2) is 5.13 Å². The summed E-state index contributed by atoms with van der Waals surface area (Å²) in [5.74, 6) is 0.319. The van der Waals surface area contributed by atoms with Crippen molar-refractivity contribution in [3.63, 3.8) is 0 Å². The first-order chi connectivity index (χ1) is 16.0. The summed E-state index contributed by atoms with van der Waals surface area (Å²) < 4.78 is 37.4. The average molecular weight is 501 g/mol. The molecule has 10 heteroatoms. The molecule has 2 N–H and O–H groups in total. The molecule has 0 unspecified atom stereocenters. The van der Waals surface area contributed by atoms with Gasteiger partial charge in [0.1, 0.15) is 5.82 Å². The van der Waals surface area contributed by atoms with Crippen molar-refractivity contribution in [2.24, 2.45) is 0 Å². The second-order valence-corrected chi connectivity index (χ2v) is 10.4. The van der Waals surface area contributed by atoms with Gasteiger partial charge in [0, 0.05) is 27.9 Å². The van der Waals surface area contributed by atoms with Crippen molar-refractivity contribution in [2.45, 2.75) is 31.2 Å². The second-order valence-electron chi connectivity index (χ2n) is 7.90. The molecule has 0 spiro atoms. The molecule has 170 valence electrons. The normalized spacial score (nSPS) is 14.4. The highest BCUT2D eigenvalue weighted by Gasteiger charge is 2.28. The summed E-state index contributed by atoms with van der Waals surface area (Å²) in [5.41, 5.74) is 4.22. The standard InChI is InChI=1S/C23H21FN4O2S3/c24-17-7-5-15(6-8-17)20-12-32-23(27-20)26-19(21-13-31-22(25-21)16-3-4-16)11-14-1-9-18(10-2-14)28-33(29)30/h1-2,5-10,12-13,16,19,33H,3-4,11H2,(H,26,27)(H,28,29,30)/t19-/m0/s1. The molecule has 33 heavy (non-hydrogen) atoms. The fraction of sp³-hybridized carbons (Fsp3) is 0.217. The first-order valence-electron chi connectivity index (χ1n) is 10.5. The van der Waals surface area contributed by atoms with Gasteiger partial charge in [-0.2, -0.15) is 0 Å². The topological polar surface area (TPSA) is 84.0 Å². The van der Waals surface area contributed by atoms with E-state index in [2.05, 4.69) is 15.4 Å². The fourth-order valence-electron chi connectivity index (χ4n) is 3.51. The minimum Gasteiger partial charge on any atom is -0.353 e. The van der Waals surface area contributed by atoms with Crippen LogP contribution >= 0.6 is 22.7 Å². The zero-order valence-electron chi connectivity index (χ0n) is 17.4. The van der Waals surface area contributed by atoms with Crippen molar-refractivity contribution in [1.82, 2.24) is 9.97 Å². The predicted octanol–water partition coefficient (Wildman–Crippen LogP) is 5.62. The molecule has 1 aliphatic carbocycles. The van der Waals surface area contributed by atoms with Crippen LogP contribution in [0.3, 0.4) is 0 Å². The maximum atomic E-state index is 13.3. The lowest BCUT2D eigenvalue weighted by atomic mass is 10.0. The number of thiazole rings is 2. The Morgan fingerprint density at radius 2 is 1.76 bits per heavy atom. The van der Waals surface area contributed by atoms with Gasteiger partial charge in [-0.1, -0.05) is 12.1 Å². The number of benzene rings is 2. The molecule has 5 rings (SSSR count). The van der Waals surface area contributed by atoms with E-state index in [0.717, 1.165) is 27.6 Å². The van der Waals surface area contributed by atoms with Crippen LogP contribution in [0.25, 0.3) is 11.3 Å². The largest absolute Gasteiger partial charge is 0.353 e. The summed E-state index contributed by atoms with van der Waals surface area (Å²) in [6.45, 7) is 0. The van der Waals surface area contributed by atoms with Crippen LogP contribution in [0.4, 0.5) is 15.2 Å². The number of rotatable bonds is 9. The molecule has 0 amide bonds. The summed E-state index contributed by atoms with van der Waals surface area (Å²) in [5, 5.41) is 9.54. The van der Waals surface area contributed by atoms with E-state index < -0.39 is 10.9 Å². The maximum Gasteiger partial charge on any atom is 0.222 e. The number of aromatic nitrogens is 2.